The number of hydrazine groups is 1. The largest absolute Gasteiger partial charge is 1.00 e. The zero-order valence-corrected chi connectivity index (χ0v) is 52.8. The van der Waals surface area contributed by atoms with Crippen molar-refractivity contribution in [2.24, 2.45) is 28.9 Å². The fraction of sp³-hybridized carbons (Fsp3) is 0.515. The van der Waals surface area contributed by atoms with Crippen molar-refractivity contribution in [1.29, 1.82) is 0 Å². The van der Waals surface area contributed by atoms with Gasteiger partial charge in [-0.2, -0.15) is 0 Å². The van der Waals surface area contributed by atoms with Crippen molar-refractivity contribution in [2.75, 3.05) is 32.7 Å². The van der Waals surface area contributed by atoms with Crippen LogP contribution in [0.5, 0.6) is 0 Å². The van der Waals surface area contributed by atoms with Crippen molar-refractivity contribution in [2.45, 2.75) is 175 Å². The smallest absolute Gasteiger partial charge is 0.401 e. The molecule has 3 fully saturated rings. The fourth-order valence-corrected chi connectivity index (χ4v) is 14.5. The van der Waals surface area contributed by atoms with E-state index in [1.165, 1.54) is 138 Å². The second-order valence-corrected chi connectivity index (χ2v) is 25.1. The molecule has 418 valence electrons. The number of benzene rings is 3. The third-order valence-electron chi connectivity index (χ3n) is 17.0. The number of aromatic nitrogens is 2. The number of nitrogens with one attached hydrogen (secondary N) is 2. The SMILES string of the molecule is C=C(N)C(C1CCCC1)N1CCC(CN(CC)C(=C)N(C(C)C2CC2)S(=C)c2ccc(C)cc2)C1.C=CNNCCCCCCc1cccc(-c2ccc3c(c2)c(CC(C)(C)CCC)c(-c2cccnc2[CH-]C)n3CC)c1.[Na+]. The van der Waals surface area contributed by atoms with E-state index in [2.05, 4.69) is 196 Å². The Kier molecular flexibility index (Phi) is 24.7. The van der Waals surface area contributed by atoms with Gasteiger partial charge in [0, 0.05) is 72.7 Å². The topological polar surface area (TPSA) is 77.6 Å². The van der Waals surface area contributed by atoms with Crippen LogP contribution >= 0.6 is 10.7 Å². The Morgan fingerprint density at radius 3 is 2.32 bits per heavy atom. The third-order valence-corrected chi connectivity index (χ3v) is 18.9. The summed E-state index contributed by atoms with van der Waals surface area (Å²) in [4.78, 5) is 11.2. The Hall–Kier alpha value is -4.22. The number of nitrogens with zero attached hydrogens (tertiary/aromatic N) is 5. The Morgan fingerprint density at radius 1 is 0.923 bits per heavy atom. The van der Waals surface area contributed by atoms with Gasteiger partial charge in [-0.25, -0.2) is 11.8 Å². The maximum Gasteiger partial charge on any atom is 1.00 e. The molecular formula is C68H99N8NaS. The summed E-state index contributed by atoms with van der Waals surface area (Å²) in [5, 5.41) is 1.38. The van der Waals surface area contributed by atoms with Gasteiger partial charge < -0.3 is 24.9 Å². The number of hydrogen-bond acceptors (Lipinski definition) is 7. The summed E-state index contributed by atoms with van der Waals surface area (Å²) < 4.78 is 5.06. The van der Waals surface area contributed by atoms with Crippen LogP contribution in [0.1, 0.15) is 154 Å². The zero-order chi connectivity index (χ0) is 55.1. The molecule has 8 rings (SSSR count). The molecule has 2 aliphatic carbocycles. The summed E-state index contributed by atoms with van der Waals surface area (Å²) in [6.45, 7) is 37.0. The maximum atomic E-state index is 6.35. The molecule has 3 aliphatic rings. The average Bonchev–Trinajstić information content (AvgIpc) is 3.91. The van der Waals surface area contributed by atoms with Crippen LogP contribution in [0.15, 0.2) is 127 Å². The van der Waals surface area contributed by atoms with Crippen LogP contribution in [-0.4, -0.2) is 74.3 Å². The van der Waals surface area contributed by atoms with E-state index in [9.17, 15) is 0 Å². The van der Waals surface area contributed by atoms with Crippen LogP contribution in [-0.2, 0) is 19.4 Å². The van der Waals surface area contributed by atoms with Gasteiger partial charge in [-0.05, 0) is 174 Å². The molecule has 2 aromatic heterocycles. The van der Waals surface area contributed by atoms with Crippen molar-refractivity contribution in [3.63, 3.8) is 0 Å². The van der Waals surface area contributed by atoms with Gasteiger partial charge in [0.2, 0.25) is 0 Å². The van der Waals surface area contributed by atoms with E-state index in [0.29, 0.717) is 23.9 Å². The molecule has 1 saturated heterocycles. The Balaban J connectivity index is 0.000000253. The molecule has 5 aromatic rings. The molecule has 8 nitrogen and oxygen atoms in total. The number of likely N-dealkylation sites (tertiary alicyclic amines) is 1. The van der Waals surface area contributed by atoms with Crippen molar-refractivity contribution < 1.29 is 29.6 Å². The van der Waals surface area contributed by atoms with Gasteiger partial charge >= 0.3 is 29.6 Å². The van der Waals surface area contributed by atoms with E-state index in [1.54, 1.807) is 6.20 Å². The normalized spacial score (nSPS) is 16.9. The monoisotopic (exact) mass is 1080 g/mol. The number of nitrogens with two attached hydrogens (primary N) is 1. The molecule has 4 N–H and O–H groups in total. The van der Waals surface area contributed by atoms with Crippen molar-refractivity contribution in [3.8, 4) is 22.4 Å². The fourth-order valence-electron chi connectivity index (χ4n) is 12.8. The van der Waals surface area contributed by atoms with Gasteiger partial charge in [-0.3, -0.25) is 9.88 Å². The molecule has 2 saturated carbocycles. The Bertz CT molecular complexity index is 2710. The first-order valence-corrected chi connectivity index (χ1v) is 31.2. The van der Waals surface area contributed by atoms with Crippen LogP contribution in [0, 0.1) is 36.5 Å². The van der Waals surface area contributed by atoms with E-state index in [4.69, 9.17) is 10.7 Å². The molecule has 78 heavy (non-hydrogen) atoms. The number of rotatable bonds is 29. The summed E-state index contributed by atoms with van der Waals surface area (Å²) in [6, 6.07) is 30.4. The molecule has 4 atom stereocenters. The van der Waals surface area contributed by atoms with Gasteiger partial charge in [0.05, 0.1) is 6.04 Å². The van der Waals surface area contributed by atoms with Crippen LogP contribution in [0.3, 0.4) is 0 Å². The van der Waals surface area contributed by atoms with Crippen LogP contribution < -0.4 is 46.1 Å². The number of aryl methyl sites for hydroxylation is 3. The van der Waals surface area contributed by atoms with E-state index < -0.39 is 0 Å². The van der Waals surface area contributed by atoms with Gasteiger partial charge in [0.25, 0.3) is 0 Å². The van der Waals surface area contributed by atoms with E-state index in [0.717, 1.165) is 75.2 Å². The molecule has 0 amide bonds. The summed E-state index contributed by atoms with van der Waals surface area (Å²) in [5.74, 6) is 7.92. The average molecular weight is 1080 g/mol. The van der Waals surface area contributed by atoms with Gasteiger partial charge in [-0.15, -0.1) is 18.6 Å². The third kappa shape index (κ3) is 16.5. The summed E-state index contributed by atoms with van der Waals surface area (Å²) in [5.41, 5.74) is 25.3. The molecule has 0 radical (unpaired) electrons. The number of pyridine rings is 1. The van der Waals surface area contributed by atoms with Gasteiger partial charge in [-0.1, -0.05) is 149 Å². The molecule has 10 heteroatoms. The first-order chi connectivity index (χ1) is 37.2. The minimum atomic E-state index is -0.264. The predicted molar refractivity (Wildman–Crippen MR) is 335 cm³/mol. The van der Waals surface area contributed by atoms with Crippen LogP contribution in [0.2, 0.25) is 0 Å². The quantitative estimate of drug-likeness (QED) is 0.0145. The molecule has 1 aliphatic heterocycles. The first kappa shape index (κ1) is 63.0. The van der Waals surface area contributed by atoms with E-state index >= 15 is 0 Å². The Morgan fingerprint density at radius 2 is 1.65 bits per heavy atom. The number of unbranched alkanes of at least 4 members (excludes halogenated alkanes) is 3. The second kappa shape index (κ2) is 30.6. The predicted octanol–water partition coefficient (Wildman–Crippen LogP) is 12.9. The van der Waals surface area contributed by atoms with E-state index in [-0.39, 0.29) is 45.6 Å². The van der Waals surface area contributed by atoms with Crippen molar-refractivity contribution >= 4 is 27.4 Å². The van der Waals surface area contributed by atoms with Crippen molar-refractivity contribution in [1.82, 2.24) is 34.5 Å². The molecular weight excluding hydrogens is 984 g/mol. The molecule has 3 heterocycles. The van der Waals surface area contributed by atoms with Crippen molar-refractivity contribution in [3.05, 3.63) is 151 Å². The minimum Gasteiger partial charge on any atom is -0.401 e. The summed E-state index contributed by atoms with van der Waals surface area (Å²) in [7, 11) is -0.264. The zero-order valence-electron chi connectivity index (χ0n) is 50.0. The molecule has 0 bridgehead atoms. The second-order valence-electron chi connectivity index (χ2n) is 23.5. The first-order valence-electron chi connectivity index (χ1n) is 29.8. The minimum absolute atomic E-state index is 0. The molecule has 0 spiro atoms. The summed E-state index contributed by atoms with van der Waals surface area (Å²) in [6.07, 6.45) is 24.4. The van der Waals surface area contributed by atoms with Gasteiger partial charge in [0.15, 0.2) is 0 Å². The Labute approximate surface area is 498 Å². The summed E-state index contributed by atoms with van der Waals surface area (Å²) >= 11 is 0. The standard InChI is InChI=1S/C38H51N4.C30H48N4S.Na/c1-7-23-38(5,6)28-34-33-27-31(30-19-15-18-29(26-30)17-13-11-12-14-25-41-40-9-3)21-22-36(33)42(10-4)37(34)32-20-16-24-39-35(32)8-2;1-7-32(20-26-18-19-33(21-26)30(23(3)31)28-10-8-9-11-28)25(5)34(24(4)27-14-15-27)35(6)29-16-12-22(2)13-17-29;/h8-9,15-16,18-22,24,26-27,40-41H,3,7,10-14,17,23,25,28H2,1-2,4-6H3;12-13,16-17,24,26-28,30H,3,5-11,14-15,18-21,31H2,1-2,4H3;/q-1;;+1. The molecule has 4 unspecified atom stereocenters. The van der Waals surface area contributed by atoms with Crippen LogP contribution in [0.4, 0.5) is 0 Å². The number of fused-ring (bicyclic) bond motifs is 1. The van der Waals surface area contributed by atoms with Gasteiger partial charge in [0.1, 0.15) is 5.82 Å². The van der Waals surface area contributed by atoms with E-state index in [1.807, 2.05) is 6.20 Å². The number of hydrogen-bond donors (Lipinski definition) is 3. The molecule has 3 aromatic carbocycles. The van der Waals surface area contributed by atoms with Crippen LogP contribution in [0.25, 0.3) is 33.3 Å². The maximum absolute atomic E-state index is 6.35.